The standard InChI is InChI=1S/C32H31F5N6O4.ClH/c1-4-13-45-19-10-11-20(22(15-19)32(35,36)37)24-16-27(47-41-24)29(31(44)46-14-6-5-12-42(2)3)43-18-26-25(17-38-43)39-30(40-26)21-8-7-9-23(33)28(21)34;/h7-11,15-18,29H,4-6,12-14H2,1-3H3;1H. The molecule has 48 heavy (non-hydrogen) atoms. The highest BCUT2D eigenvalue weighted by atomic mass is 35.5. The summed E-state index contributed by atoms with van der Waals surface area (Å²) < 4.78 is 88.1. The van der Waals surface area contributed by atoms with Crippen molar-refractivity contribution in [1.82, 2.24) is 29.8 Å². The smallest absolute Gasteiger partial charge is 0.417 e. The number of rotatable bonds is 13. The van der Waals surface area contributed by atoms with E-state index in [2.05, 4.69) is 20.2 Å². The lowest BCUT2D eigenvalue weighted by molar-refractivity contribution is -0.147. The molecule has 0 bridgehead atoms. The van der Waals surface area contributed by atoms with Crippen LogP contribution in [0.15, 0.2) is 59.4 Å². The van der Waals surface area contributed by atoms with Gasteiger partial charge in [-0.05, 0) is 70.2 Å². The van der Waals surface area contributed by atoms with E-state index in [1.54, 1.807) is 0 Å². The molecule has 16 heteroatoms. The van der Waals surface area contributed by atoms with Crippen LogP contribution in [-0.4, -0.2) is 69.6 Å². The summed E-state index contributed by atoms with van der Waals surface area (Å²) in [5.41, 5.74) is -1.25. The number of ether oxygens (including phenoxy) is 2. The lowest BCUT2D eigenvalue weighted by Gasteiger charge is -2.16. The second-order valence-electron chi connectivity index (χ2n) is 10.9. The van der Waals surface area contributed by atoms with Crippen molar-refractivity contribution in [2.24, 2.45) is 0 Å². The number of unbranched alkanes of at least 4 members (excludes halogenated alkanes) is 1. The fourth-order valence-electron chi connectivity index (χ4n) is 4.75. The van der Waals surface area contributed by atoms with Crippen molar-refractivity contribution < 1.29 is 40.7 Å². The van der Waals surface area contributed by atoms with Gasteiger partial charge in [-0.1, -0.05) is 18.1 Å². The fourth-order valence-corrected chi connectivity index (χ4v) is 4.75. The molecular weight excluding hydrogens is 663 g/mol. The molecule has 1 atom stereocenters. The maximum Gasteiger partial charge on any atom is 0.417 e. The lowest BCUT2D eigenvalue weighted by Crippen LogP contribution is -2.25. The van der Waals surface area contributed by atoms with Gasteiger partial charge in [0.05, 0.1) is 36.7 Å². The van der Waals surface area contributed by atoms with E-state index in [1.807, 2.05) is 25.9 Å². The van der Waals surface area contributed by atoms with Crippen LogP contribution in [0.1, 0.15) is 43.6 Å². The summed E-state index contributed by atoms with van der Waals surface area (Å²) in [4.78, 5) is 24.0. The van der Waals surface area contributed by atoms with E-state index in [9.17, 15) is 26.7 Å². The number of carbonyl (C=O) groups is 1. The number of hydrogen-bond donors (Lipinski definition) is 0. The Balaban J connectivity index is 0.00000520. The highest BCUT2D eigenvalue weighted by Crippen LogP contribution is 2.40. The van der Waals surface area contributed by atoms with Gasteiger partial charge in [0.2, 0.25) is 6.04 Å². The van der Waals surface area contributed by atoms with Gasteiger partial charge in [-0.3, -0.25) is 0 Å². The van der Waals surface area contributed by atoms with E-state index >= 15 is 0 Å². The second kappa shape index (κ2) is 15.5. The molecule has 2 aliphatic rings. The van der Waals surface area contributed by atoms with Crippen LogP contribution < -0.4 is 4.74 Å². The van der Waals surface area contributed by atoms with E-state index in [-0.39, 0.29) is 71.2 Å². The van der Waals surface area contributed by atoms with Gasteiger partial charge in [0.1, 0.15) is 22.8 Å². The number of carbonyl (C=O) groups excluding carboxylic acids is 1. The predicted octanol–water partition coefficient (Wildman–Crippen LogP) is 7.08. The summed E-state index contributed by atoms with van der Waals surface area (Å²) in [6.45, 7) is 2.90. The largest absolute Gasteiger partial charge is 0.494 e. The van der Waals surface area contributed by atoms with Gasteiger partial charge >= 0.3 is 12.1 Å². The summed E-state index contributed by atoms with van der Waals surface area (Å²) in [5.74, 6) is -3.24. The molecule has 0 aliphatic carbocycles. The van der Waals surface area contributed by atoms with Crippen molar-refractivity contribution in [1.29, 1.82) is 0 Å². The molecule has 5 rings (SSSR count). The van der Waals surface area contributed by atoms with Gasteiger partial charge in [-0.25, -0.2) is 28.2 Å². The third-order valence-corrected chi connectivity index (χ3v) is 7.05. The molecule has 0 amide bonds. The van der Waals surface area contributed by atoms with Crippen LogP contribution in [0.25, 0.3) is 34.0 Å². The van der Waals surface area contributed by atoms with E-state index in [0.717, 1.165) is 29.8 Å². The first kappa shape index (κ1) is 36.2. The molecule has 2 aliphatic heterocycles. The molecule has 2 aromatic carbocycles. The molecular formula is C32H32ClF5N6O4. The highest BCUT2D eigenvalue weighted by Gasteiger charge is 2.36. The Hall–Kier alpha value is -4.63. The highest BCUT2D eigenvalue weighted by molar-refractivity contribution is 5.85. The summed E-state index contributed by atoms with van der Waals surface area (Å²) in [5, 5.41) is 8.11. The van der Waals surface area contributed by atoms with Crippen LogP contribution in [0.5, 0.6) is 5.75 Å². The Morgan fingerprint density at radius 3 is 2.50 bits per heavy atom. The van der Waals surface area contributed by atoms with Crippen LogP contribution >= 0.6 is 12.4 Å². The molecule has 1 unspecified atom stereocenters. The molecule has 0 saturated carbocycles. The summed E-state index contributed by atoms with van der Waals surface area (Å²) in [6.07, 6.45) is -0.261. The minimum absolute atomic E-state index is 0. The summed E-state index contributed by atoms with van der Waals surface area (Å²) >= 11 is 0. The first-order valence-electron chi connectivity index (χ1n) is 14.7. The Bertz CT molecular complexity index is 1810. The van der Waals surface area contributed by atoms with Crippen molar-refractivity contribution >= 4 is 18.4 Å². The maximum absolute atomic E-state index is 14.5. The van der Waals surface area contributed by atoms with Gasteiger partial charge < -0.3 is 18.9 Å². The van der Waals surface area contributed by atoms with Gasteiger partial charge in [0, 0.05) is 11.6 Å². The summed E-state index contributed by atoms with van der Waals surface area (Å²) in [7, 11) is 3.83. The van der Waals surface area contributed by atoms with Crippen LogP contribution in [0.4, 0.5) is 22.0 Å². The summed E-state index contributed by atoms with van der Waals surface area (Å²) in [6, 6.07) is 6.87. The molecule has 0 N–H and O–H groups in total. The zero-order valence-corrected chi connectivity index (χ0v) is 26.9. The minimum Gasteiger partial charge on any atom is -0.494 e. The number of esters is 1. The molecule has 0 spiro atoms. The van der Waals surface area contributed by atoms with Crippen LogP contribution in [-0.2, 0) is 15.7 Å². The van der Waals surface area contributed by atoms with Crippen molar-refractivity contribution in [3.63, 3.8) is 0 Å². The average molecular weight is 695 g/mol. The third kappa shape index (κ3) is 8.26. The van der Waals surface area contributed by atoms with Crippen molar-refractivity contribution in [3.05, 3.63) is 77.8 Å². The topological polar surface area (TPSA) is 108 Å². The Labute approximate surface area is 278 Å². The average Bonchev–Trinajstić information content (AvgIpc) is 3.68. The number of alkyl halides is 3. The molecule has 256 valence electrons. The Morgan fingerprint density at radius 2 is 1.77 bits per heavy atom. The molecule has 3 aromatic rings. The molecule has 1 aromatic heterocycles. The fraction of sp³-hybridized carbons (Fsp3) is 0.344. The van der Waals surface area contributed by atoms with E-state index in [4.69, 9.17) is 14.0 Å². The van der Waals surface area contributed by atoms with Gasteiger partial charge in [0.25, 0.3) is 0 Å². The normalized spacial score (nSPS) is 12.3. The maximum atomic E-state index is 14.5. The lowest BCUT2D eigenvalue weighted by atomic mass is 10.0. The van der Waals surface area contributed by atoms with E-state index in [0.29, 0.717) is 12.8 Å². The van der Waals surface area contributed by atoms with E-state index < -0.39 is 35.4 Å². The van der Waals surface area contributed by atoms with Gasteiger partial charge in [-0.2, -0.15) is 18.3 Å². The number of halogens is 6. The number of imidazole rings is 1. The number of hydrogen-bond acceptors (Lipinski definition) is 9. The first-order chi connectivity index (χ1) is 22.5. The SMILES string of the molecule is CCCOc1ccc(-c2cc(C(C(=O)OCCCCN(C)C)n3cc4nc(-c5cccc(F)c5F)nc-4cn3)on2)c(C(F)(F)F)c1.Cl. The molecule has 0 fully saturated rings. The van der Waals surface area contributed by atoms with Gasteiger partial charge in [-0.15, -0.1) is 12.4 Å². The van der Waals surface area contributed by atoms with Crippen LogP contribution in [0.3, 0.4) is 0 Å². The molecule has 3 heterocycles. The number of aromatic nitrogens is 5. The Morgan fingerprint density at radius 1 is 1.00 bits per heavy atom. The van der Waals surface area contributed by atoms with Crippen molar-refractivity contribution in [2.45, 2.75) is 38.4 Å². The second-order valence-corrected chi connectivity index (χ2v) is 10.9. The molecule has 10 nitrogen and oxygen atoms in total. The zero-order chi connectivity index (χ0) is 33.7. The molecule has 0 radical (unpaired) electrons. The number of nitrogens with zero attached hydrogens (tertiary/aromatic N) is 6. The molecule has 0 saturated heterocycles. The van der Waals surface area contributed by atoms with Crippen molar-refractivity contribution in [3.8, 4) is 39.8 Å². The van der Waals surface area contributed by atoms with Crippen LogP contribution in [0, 0.1) is 11.6 Å². The number of fused-ring (bicyclic) bond motifs is 1. The Kier molecular flexibility index (Phi) is 11.7. The van der Waals surface area contributed by atoms with Gasteiger partial charge in [0.15, 0.2) is 23.2 Å². The van der Waals surface area contributed by atoms with E-state index in [1.165, 1.54) is 42.7 Å². The monoisotopic (exact) mass is 694 g/mol. The number of benzene rings is 2. The predicted molar refractivity (Wildman–Crippen MR) is 167 cm³/mol. The van der Waals surface area contributed by atoms with Crippen LogP contribution in [0.2, 0.25) is 0 Å². The quantitative estimate of drug-likeness (QED) is 0.0726. The zero-order valence-electron chi connectivity index (χ0n) is 26.1. The first-order valence-corrected chi connectivity index (χ1v) is 14.7. The van der Waals surface area contributed by atoms with Crippen molar-refractivity contribution in [2.75, 3.05) is 33.9 Å². The third-order valence-electron chi connectivity index (χ3n) is 7.05. The minimum atomic E-state index is -4.75.